The predicted octanol–water partition coefficient (Wildman–Crippen LogP) is 5.60. The van der Waals surface area contributed by atoms with Crippen LogP contribution in [0, 0.1) is 0 Å². The van der Waals surface area contributed by atoms with E-state index in [0.717, 1.165) is 82.7 Å². The van der Waals surface area contributed by atoms with Crippen LogP contribution in [-0.4, -0.2) is 119 Å². The van der Waals surface area contributed by atoms with Crippen LogP contribution in [0.4, 0.5) is 11.4 Å². The lowest BCUT2D eigenvalue weighted by Gasteiger charge is -2.48. The second-order valence-electron chi connectivity index (χ2n) is 15.0. The molecule has 0 bridgehead atoms. The van der Waals surface area contributed by atoms with Crippen LogP contribution in [0.1, 0.15) is 64.2 Å². The van der Waals surface area contributed by atoms with E-state index in [0.29, 0.717) is 39.1 Å². The average Bonchev–Trinajstić information content (AvgIpc) is 3.91. The molecule has 2 aliphatic heterocycles. The Bertz CT molecular complexity index is 1840. The van der Waals surface area contributed by atoms with Gasteiger partial charge in [-0.2, -0.15) is 9.36 Å². The van der Waals surface area contributed by atoms with Gasteiger partial charge in [-0.1, -0.05) is 56.3 Å². The molecular formula is C43H62N8O5S. The summed E-state index contributed by atoms with van der Waals surface area (Å²) in [6.45, 7) is 13.2. The fourth-order valence-electron chi connectivity index (χ4n) is 8.23. The van der Waals surface area contributed by atoms with Crippen molar-refractivity contribution in [1.82, 2.24) is 29.6 Å². The first kappa shape index (κ1) is 43.9. The highest BCUT2D eigenvalue weighted by molar-refractivity contribution is 7.09. The number of ether oxygens (including phenoxy) is 2. The van der Waals surface area contributed by atoms with Gasteiger partial charge in [0.2, 0.25) is 11.8 Å². The molecule has 2 fully saturated rings. The Morgan fingerprint density at radius 2 is 1.14 bits per heavy atom. The number of anilines is 2. The van der Waals surface area contributed by atoms with Crippen molar-refractivity contribution < 1.29 is 19.1 Å². The summed E-state index contributed by atoms with van der Waals surface area (Å²) in [5.41, 5.74) is 1.09. The molecule has 310 valence electrons. The molecule has 0 unspecified atom stereocenters. The standard InChI is InChI=1S/C22H30N2O2S.C21H32N6O3/c1-3-21(25)24(19-8-5-4-6-9-19)22(18-26-2)12-15-23(16-13-22)14-11-20-10-7-17-27-20;1-4-19(28)27(18-9-7-6-8-10-18)21(17-30-3)11-13-24(14-12-21)15-16-26-20(29)25(5-2)22-23-26/h4-10,17H,3,11-16,18H2,1-2H3;6-10H,4-5,11-17H2,1-3H3. The summed E-state index contributed by atoms with van der Waals surface area (Å²) in [4.78, 5) is 48.2. The van der Waals surface area contributed by atoms with Gasteiger partial charge in [-0.3, -0.25) is 9.59 Å². The quantitative estimate of drug-likeness (QED) is 0.135. The molecule has 2 aromatic carbocycles. The van der Waals surface area contributed by atoms with Crippen molar-refractivity contribution in [1.29, 1.82) is 0 Å². The zero-order valence-electron chi connectivity index (χ0n) is 34.6. The Morgan fingerprint density at radius 1 is 0.667 bits per heavy atom. The maximum Gasteiger partial charge on any atom is 0.363 e. The molecule has 2 amide bonds. The Morgan fingerprint density at radius 3 is 1.54 bits per heavy atom. The lowest BCUT2D eigenvalue weighted by Crippen LogP contribution is -2.60. The number of benzene rings is 2. The Balaban J connectivity index is 0.000000219. The molecule has 4 aromatic rings. The van der Waals surface area contributed by atoms with E-state index in [1.807, 2.05) is 103 Å². The van der Waals surface area contributed by atoms with E-state index in [1.54, 1.807) is 14.2 Å². The van der Waals surface area contributed by atoms with Crippen LogP contribution in [-0.2, 0) is 38.6 Å². The van der Waals surface area contributed by atoms with Crippen LogP contribution in [0.15, 0.2) is 83.0 Å². The van der Waals surface area contributed by atoms with Gasteiger partial charge in [0.25, 0.3) is 0 Å². The molecule has 0 N–H and O–H groups in total. The summed E-state index contributed by atoms with van der Waals surface area (Å²) in [5, 5.41) is 9.96. The second-order valence-corrected chi connectivity index (χ2v) is 16.0. The number of aromatic nitrogens is 4. The third-order valence-corrected chi connectivity index (χ3v) is 12.3. The minimum Gasteiger partial charge on any atom is -0.382 e. The largest absolute Gasteiger partial charge is 0.382 e. The van der Waals surface area contributed by atoms with Gasteiger partial charge in [-0.15, -0.1) is 11.3 Å². The zero-order valence-corrected chi connectivity index (χ0v) is 35.4. The molecule has 0 atom stereocenters. The first-order valence-corrected chi connectivity index (χ1v) is 21.3. The number of carbonyl (C=O) groups is 2. The highest BCUT2D eigenvalue weighted by Gasteiger charge is 2.44. The summed E-state index contributed by atoms with van der Waals surface area (Å²) < 4.78 is 14.0. The highest BCUT2D eigenvalue weighted by Crippen LogP contribution is 2.36. The maximum atomic E-state index is 13.0. The number of nitrogens with zero attached hydrogens (tertiary/aromatic N) is 8. The van der Waals surface area contributed by atoms with Crippen molar-refractivity contribution in [2.75, 3.05) is 76.5 Å². The normalized spacial score (nSPS) is 16.7. The van der Waals surface area contributed by atoms with Crippen molar-refractivity contribution in [2.45, 2.75) is 89.9 Å². The summed E-state index contributed by atoms with van der Waals surface area (Å²) in [6.07, 6.45) is 5.53. The number of para-hydroxylation sites is 2. The monoisotopic (exact) mass is 802 g/mol. The molecule has 57 heavy (non-hydrogen) atoms. The molecule has 2 aromatic heterocycles. The third-order valence-electron chi connectivity index (χ3n) is 11.4. The molecule has 0 spiro atoms. The summed E-state index contributed by atoms with van der Waals surface area (Å²) >= 11 is 1.83. The SMILES string of the molecule is CCC(=O)N(c1ccccc1)C1(COC)CCN(CCc2cccs2)CC1.CCC(=O)N(c1ccccc1)C1(COC)CCN(CCn2nnn(CC)c2=O)CC1. The topological polar surface area (TPSA) is 118 Å². The molecule has 0 saturated carbocycles. The summed E-state index contributed by atoms with van der Waals surface area (Å²) in [6, 6.07) is 24.3. The first-order valence-electron chi connectivity index (χ1n) is 20.4. The zero-order chi connectivity index (χ0) is 40.7. The fraction of sp³-hybridized carbons (Fsp3) is 0.558. The van der Waals surface area contributed by atoms with E-state index in [1.165, 1.54) is 14.2 Å². The smallest absolute Gasteiger partial charge is 0.363 e. The fourth-order valence-corrected chi connectivity index (χ4v) is 8.93. The molecule has 13 nitrogen and oxygen atoms in total. The highest BCUT2D eigenvalue weighted by atomic mass is 32.1. The van der Waals surface area contributed by atoms with Crippen molar-refractivity contribution >= 4 is 34.5 Å². The van der Waals surface area contributed by atoms with Gasteiger partial charge >= 0.3 is 5.69 Å². The van der Waals surface area contributed by atoms with Crippen LogP contribution in [0.3, 0.4) is 0 Å². The summed E-state index contributed by atoms with van der Waals surface area (Å²) in [7, 11) is 3.43. The number of likely N-dealkylation sites (tertiary alicyclic amines) is 2. The summed E-state index contributed by atoms with van der Waals surface area (Å²) in [5.74, 6) is 0.278. The minimum atomic E-state index is -0.373. The molecule has 6 rings (SSSR count). The van der Waals surface area contributed by atoms with Gasteiger partial charge < -0.3 is 29.1 Å². The molecule has 4 heterocycles. The molecule has 0 aliphatic carbocycles. The van der Waals surface area contributed by atoms with Crippen molar-refractivity contribution in [3.05, 3.63) is 93.5 Å². The first-order chi connectivity index (χ1) is 27.7. The number of amides is 2. The van der Waals surface area contributed by atoms with Gasteiger partial charge in [0.05, 0.1) is 30.8 Å². The number of rotatable bonds is 17. The third kappa shape index (κ3) is 11.1. The van der Waals surface area contributed by atoms with Crippen molar-refractivity contribution in [3.63, 3.8) is 0 Å². The number of piperidine rings is 2. The van der Waals surface area contributed by atoms with Crippen LogP contribution in [0.25, 0.3) is 0 Å². The van der Waals surface area contributed by atoms with Gasteiger partial charge in [-0.25, -0.2) is 4.79 Å². The van der Waals surface area contributed by atoms with Crippen LogP contribution >= 0.6 is 11.3 Å². The number of hydrogen-bond donors (Lipinski definition) is 0. The van der Waals surface area contributed by atoms with Crippen molar-refractivity contribution in [3.8, 4) is 0 Å². The van der Waals surface area contributed by atoms with E-state index in [2.05, 4.69) is 37.7 Å². The minimum absolute atomic E-state index is 0.106. The molecule has 2 saturated heterocycles. The number of carbonyl (C=O) groups excluding carboxylic acids is 2. The second kappa shape index (κ2) is 21.5. The van der Waals surface area contributed by atoms with Gasteiger partial charge in [0.1, 0.15) is 0 Å². The number of methoxy groups -OCH3 is 2. The number of tetrazole rings is 1. The lowest BCUT2D eigenvalue weighted by atomic mass is 9.85. The van der Waals surface area contributed by atoms with E-state index in [-0.39, 0.29) is 28.6 Å². The molecule has 0 radical (unpaired) electrons. The van der Waals surface area contributed by atoms with E-state index in [4.69, 9.17) is 9.47 Å². The average molecular weight is 803 g/mol. The van der Waals surface area contributed by atoms with E-state index in [9.17, 15) is 14.4 Å². The maximum absolute atomic E-state index is 13.0. The Kier molecular flexibility index (Phi) is 16.6. The van der Waals surface area contributed by atoms with Crippen molar-refractivity contribution in [2.24, 2.45) is 0 Å². The lowest BCUT2D eigenvalue weighted by molar-refractivity contribution is -0.121. The van der Waals surface area contributed by atoms with E-state index < -0.39 is 0 Å². The number of hydrogen-bond acceptors (Lipinski definition) is 10. The van der Waals surface area contributed by atoms with Crippen LogP contribution in [0.2, 0.25) is 0 Å². The predicted molar refractivity (Wildman–Crippen MR) is 227 cm³/mol. The number of thiophene rings is 1. The molecule has 2 aliphatic rings. The molecular weight excluding hydrogens is 741 g/mol. The molecule has 14 heteroatoms. The van der Waals surface area contributed by atoms with Gasteiger partial charge in [0.15, 0.2) is 0 Å². The van der Waals surface area contributed by atoms with Crippen LogP contribution < -0.4 is 15.5 Å². The Labute approximate surface area is 342 Å². The van der Waals surface area contributed by atoms with Crippen LogP contribution in [0.5, 0.6) is 0 Å². The van der Waals surface area contributed by atoms with E-state index >= 15 is 0 Å². The number of aryl methyl sites for hydroxylation is 1. The van der Waals surface area contributed by atoms with Gasteiger partial charge in [0, 0.05) is 89.1 Å². The Hall–Kier alpha value is -4.21. The van der Waals surface area contributed by atoms with Gasteiger partial charge in [-0.05, 0) is 85.2 Å².